The van der Waals surface area contributed by atoms with Gasteiger partial charge in [0, 0.05) is 26.3 Å². The lowest BCUT2D eigenvalue weighted by Gasteiger charge is -2.11. The summed E-state index contributed by atoms with van der Waals surface area (Å²) >= 11 is 0. The van der Waals surface area contributed by atoms with E-state index in [2.05, 4.69) is 5.32 Å². The molecule has 1 N–H and O–H groups in total. The Morgan fingerprint density at radius 3 is 2.91 bits per heavy atom. The van der Waals surface area contributed by atoms with Crippen LogP contribution in [0.25, 0.3) is 6.08 Å². The molecule has 23 heavy (non-hydrogen) atoms. The first-order chi connectivity index (χ1) is 10.8. The lowest BCUT2D eigenvalue weighted by atomic mass is 10.2. The third kappa shape index (κ3) is 5.81. The number of rotatable bonds is 7. The van der Waals surface area contributed by atoms with Gasteiger partial charge in [0.1, 0.15) is 11.5 Å². The van der Waals surface area contributed by atoms with Crippen LogP contribution in [0.2, 0.25) is 0 Å². The molecule has 0 spiro atoms. The van der Waals surface area contributed by atoms with E-state index in [1.807, 2.05) is 0 Å². The minimum Gasteiger partial charge on any atom is -0.460 e. The molecule has 2 heterocycles. The Hall–Kier alpha value is -1.64. The van der Waals surface area contributed by atoms with Crippen molar-refractivity contribution >= 4 is 22.0 Å². The van der Waals surface area contributed by atoms with E-state index in [-0.39, 0.29) is 18.6 Å². The van der Waals surface area contributed by atoms with E-state index < -0.39 is 10.0 Å². The molecule has 1 saturated heterocycles. The van der Waals surface area contributed by atoms with Crippen LogP contribution in [-0.4, -0.2) is 51.2 Å². The third-order valence-electron chi connectivity index (χ3n) is 3.55. The van der Waals surface area contributed by atoms with Crippen molar-refractivity contribution in [2.45, 2.75) is 25.5 Å². The van der Waals surface area contributed by atoms with Gasteiger partial charge >= 0.3 is 0 Å². The molecule has 128 valence electrons. The van der Waals surface area contributed by atoms with Crippen LogP contribution < -0.4 is 5.32 Å². The van der Waals surface area contributed by atoms with Crippen LogP contribution in [0.4, 0.5) is 0 Å². The highest BCUT2D eigenvalue weighted by Crippen LogP contribution is 2.13. The van der Waals surface area contributed by atoms with Crippen molar-refractivity contribution in [3.8, 4) is 0 Å². The van der Waals surface area contributed by atoms with Gasteiger partial charge in [-0.25, -0.2) is 8.42 Å². The zero-order chi connectivity index (χ0) is 16.9. The van der Waals surface area contributed by atoms with E-state index >= 15 is 0 Å². The van der Waals surface area contributed by atoms with Crippen molar-refractivity contribution < 1.29 is 22.4 Å². The minimum absolute atomic E-state index is 0.106. The summed E-state index contributed by atoms with van der Waals surface area (Å²) in [6, 6.07) is 3.38. The summed E-state index contributed by atoms with van der Waals surface area (Å²) < 4.78 is 34.8. The molecule has 1 aliphatic rings. The fourth-order valence-electron chi connectivity index (χ4n) is 2.14. The van der Waals surface area contributed by atoms with E-state index in [1.165, 1.54) is 17.4 Å². The highest BCUT2D eigenvalue weighted by atomic mass is 32.2. The van der Waals surface area contributed by atoms with Gasteiger partial charge in [0.2, 0.25) is 15.9 Å². The molecule has 2 rings (SSSR count). The first-order valence-corrected chi connectivity index (χ1v) is 9.27. The maximum absolute atomic E-state index is 11.7. The van der Waals surface area contributed by atoms with Gasteiger partial charge in [0.25, 0.3) is 0 Å². The molecule has 1 atom stereocenters. The highest BCUT2D eigenvalue weighted by molar-refractivity contribution is 7.88. The number of hydrogen-bond donors (Lipinski definition) is 1. The monoisotopic (exact) mass is 342 g/mol. The quantitative estimate of drug-likeness (QED) is 0.746. The van der Waals surface area contributed by atoms with Crippen LogP contribution >= 0.6 is 0 Å². The summed E-state index contributed by atoms with van der Waals surface area (Å²) in [6.45, 7) is 1.41. The Balaban J connectivity index is 1.81. The summed E-state index contributed by atoms with van der Waals surface area (Å²) in [5.74, 6) is 0.790. The Morgan fingerprint density at radius 2 is 2.26 bits per heavy atom. The topological polar surface area (TPSA) is 88.8 Å². The molecule has 0 aliphatic carbocycles. The molecule has 1 aliphatic heterocycles. The molecule has 8 heteroatoms. The zero-order valence-corrected chi connectivity index (χ0v) is 14.1. The molecule has 1 aromatic heterocycles. The van der Waals surface area contributed by atoms with Crippen molar-refractivity contribution in [2.24, 2.45) is 0 Å². The number of carbonyl (C=O) groups excluding carboxylic acids is 1. The van der Waals surface area contributed by atoms with Crippen LogP contribution in [0.5, 0.6) is 0 Å². The molecule has 1 aromatic rings. The van der Waals surface area contributed by atoms with E-state index in [9.17, 15) is 13.2 Å². The van der Waals surface area contributed by atoms with Crippen LogP contribution in [0.15, 0.2) is 22.6 Å². The largest absolute Gasteiger partial charge is 0.460 e. The number of furan rings is 1. The molecule has 7 nitrogen and oxygen atoms in total. The van der Waals surface area contributed by atoms with Crippen LogP contribution in [-0.2, 0) is 26.1 Å². The Bertz CT molecular complexity index is 659. The number of amides is 1. The summed E-state index contributed by atoms with van der Waals surface area (Å²) in [7, 11) is -1.78. The van der Waals surface area contributed by atoms with Gasteiger partial charge in [-0.2, -0.15) is 4.31 Å². The fourth-order valence-corrected chi connectivity index (χ4v) is 2.50. The molecule has 0 saturated carbocycles. The first kappa shape index (κ1) is 17.7. The number of nitrogens with zero attached hydrogens (tertiary/aromatic N) is 1. The Labute approximate surface area is 136 Å². The molecular weight excluding hydrogens is 320 g/mol. The van der Waals surface area contributed by atoms with Gasteiger partial charge < -0.3 is 14.5 Å². The molecule has 1 amide bonds. The van der Waals surface area contributed by atoms with Gasteiger partial charge in [-0.05, 0) is 31.1 Å². The smallest absolute Gasteiger partial charge is 0.244 e. The first-order valence-electron chi connectivity index (χ1n) is 7.42. The predicted molar refractivity (Wildman–Crippen MR) is 86.0 cm³/mol. The Kier molecular flexibility index (Phi) is 5.97. The van der Waals surface area contributed by atoms with Crippen molar-refractivity contribution in [3.63, 3.8) is 0 Å². The second kappa shape index (κ2) is 7.76. The van der Waals surface area contributed by atoms with E-state index in [1.54, 1.807) is 18.2 Å². The number of hydrogen-bond acceptors (Lipinski definition) is 5. The number of carbonyl (C=O) groups is 1. The second-order valence-corrected chi connectivity index (χ2v) is 7.63. The fraction of sp³-hybridized carbons (Fsp3) is 0.533. The van der Waals surface area contributed by atoms with Crippen molar-refractivity contribution in [1.29, 1.82) is 0 Å². The SMILES string of the molecule is CN(Cc1ccc(/C=C/C(=O)NC[C@H]2CCCO2)o1)S(C)(=O)=O. The standard InChI is InChI=1S/C15H22N2O5S/c1-17(23(2,19)20)11-14-6-5-12(22-14)7-8-15(18)16-10-13-4-3-9-21-13/h5-8,13H,3-4,9-11H2,1-2H3,(H,16,18)/b8-7+/t13-/m1/s1. The van der Waals surface area contributed by atoms with Crippen LogP contribution in [0.3, 0.4) is 0 Å². The molecule has 0 bridgehead atoms. The zero-order valence-electron chi connectivity index (χ0n) is 13.3. The molecule has 0 aromatic carbocycles. The summed E-state index contributed by atoms with van der Waals surface area (Å²) in [6.07, 6.45) is 6.18. The van der Waals surface area contributed by atoms with E-state index in [0.29, 0.717) is 18.1 Å². The second-order valence-electron chi connectivity index (χ2n) is 5.54. The van der Waals surface area contributed by atoms with Gasteiger partial charge in [-0.3, -0.25) is 4.79 Å². The molecule has 0 radical (unpaired) electrons. The minimum atomic E-state index is -3.25. The maximum Gasteiger partial charge on any atom is 0.244 e. The average molecular weight is 342 g/mol. The number of ether oxygens (including phenoxy) is 1. The van der Waals surface area contributed by atoms with Gasteiger partial charge in [0.05, 0.1) is 18.9 Å². The summed E-state index contributed by atoms with van der Waals surface area (Å²) in [5, 5.41) is 2.77. The van der Waals surface area contributed by atoms with Gasteiger partial charge in [-0.1, -0.05) is 0 Å². The van der Waals surface area contributed by atoms with Crippen LogP contribution in [0.1, 0.15) is 24.4 Å². The maximum atomic E-state index is 11.7. The van der Waals surface area contributed by atoms with Gasteiger partial charge in [0.15, 0.2) is 0 Å². The normalized spacial score (nSPS) is 18.8. The highest BCUT2D eigenvalue weighted by Gasteiger charge is 2.15. The van der Waals surface area contributed by atoms with E-state index in [4.69, 9.17) is 9.15 Å². The van der Waals surface area contributed by atoms with Crippen molar-refractivity contribution in [3.05, 3.63) is 29.7 Å². The Morgan fingerprint density at radius 1 is 1.48 bits per heavy atom. The lowest BCUT2D eigenvalue weighted by molar-refractivity contribution is -0.116. The average Bonchev–Trinajstić information content (AvgIpc) is 3.13. The lowest BCUT2D eigenvalue weighted by Crippen LogP contribution is -2.30. The third-order valence-corrected chi connectivity index (χ3v) is 4.82. The molecule has 0 unspecified atom stereocenters. The predicted octanol–water partition coefficient (Wildman–Crippen LogP) is 0.979. The van der Waals surface area contributed by atoms with Gasteiger partial charge in [-0.15, -0.1) is 0 Å². The molecule has 1 fully saturated rings. The van der Waals surface area contributed by atoms with E-state index in [0.717, 1.165) is 25.7 Å². The summed E-state index contributed by atoms with van der Waals surface area (Å²) in [4.78, 5) is 11.7. The van der Waals surface area contributed by atoms with Crippen molar-refractivity contribution in [1.82, 2.24) is 9.62 Å². The molecular formula is C15H22N2O5S. The summed E-state index contributed by atoms with van der Waals surface area (Å²) in [5.41, 5.74) is 0. The van der Waals surface area contributed by atoms with Crippen LogP contribution in [0, 0.1) is 0 Å². The number of nitrogens with one attached hydrogen (secondary N) is 1. The van der Waals surface area contributed by atoms with Crippen molar-refractivity contribution in [2.75, 3.05) is 26.5 Å². The number of sulfonamides is 1.